The zero-order chi connectivity index (χ0) is 11.1. The minimum absolute atomic E-state index is 0.153. The summed E-state index contributed by atoms with van der Waals surface area (Å²) in [6.07, 6.45) is 6.05. The topological polar surface area (TPSA) is 12.0 Å². The number of benzene rings is 1. The van der Waals surface area contributed by atoms with Crippen molar-refractivity contribution >= 4 is 0 Å². The fraction of sp³-hybridized carbons (Fsp3) is 0.385. The Kier molecular flexibility index (Phi) is 5.05. The lowest BCUT2D eigenvalue weighted by atomic mass is 10.1. The van der Waals surface area contributed by atoms with Gasteiger partial charge in [0.05, 0.1) is 0 Å². The van der Waals surface area contributed by atoms with E-state index in [1.165, 1.54) is 6.07 Å². The van der Waals surface area contributed by atoms with Crippen LogP contribution in [0.3, 0.4) is 0 Å². The lowest BCUT2D eigenvalue weighted by molar-refractivity contribution is 0.625. The van der Waals surface area contributed by atoms with Crippen LogP contribution in [0.25, 0.3) is 0 Å². The Labute approximate surface area is 91.0 Å². The van der Waals surface area contributed by atoms with E-state index in [1.54, 1.807) is 6.07 Å². The van der Waals surface area contributed by atoms with Gasteiger partial charge in [0.2, 0.25) is 0 Å². The van der Waals surface area contributed by atoms with E-state index in [1.807, 2.05) is 20.0 Å². The average molecular weight is 207 g/mol. The third kappa shape index (κ3) is 4.26. The highest BCUT2D eigenvalue weighted by Gasteiger charge is 1.97. The minimum Gasteiger partial charge on any atom is -0.319 e. The van der Waals surface area contributed by atoms with E-state index >= 15 is 0 Å². The highest BCUT2D eigenvalue weighted by atomic mass is 19.1. The fourth-order valence-corrected chi connectivity index (χ4v) is 1.42. The van der Waals surface area contributed by atoms with E-state index in [-0.39, 0.29) is 5.82 Å². The highest BCUT2D eigenvalue weighted by Crippen LogP contribution is 2.11. The second-order valence-corrected chi connectivity index (χ2v) is 3.64. The Morgan fingerprint density at radius 3 is 2.87 bits per heavy atom. The molecule has 0 radical (unpaired) electrons. The van der Waals surface area contributed by atoms with Crippen LogP contribution in [0, 0.1) is 12.7 Å². The molecule has 1 aromatic carbocycles. The molecule has 0 fully saturated rings. The summed E-state index contributed by atoms with van der Waals surface area (Å²) in [6.45, 7) is 2.99. The average Bonchev–Trinajstić information content (AvgIpc) is 2.23. The molecule has 0 unspecified atom stereocenters. The third-order valence-electron chi connectivity index (χ3n) is 2.38. The molecule has 1 N–H and O–H groups in total. The van der Waals surface area contributed by atoms with Crippen LogP contribution in [0.5, 0.6) is 0 Å². The summed E-state index contributed by atoms with van der Waals surface area (Å²) in [5.41, 5.74) is 2.21. The number of aryl methyl sites for hydroxylation is 1. The van der Waals surface area contributed by atoms with Crippen molar-refractivity contribution in [1.29, 1.82) is 0 Å². The summed E-state index contributed by atoms with van der Waals surface area (Å²) in [6, 6.07) is 4.94. The van der Waals surface area contributed by atoms with Crippen molar-refractivity contribution in [2.75, 3.05) is 13.6 Å². The molecule has 1 nitrogen and oxygen atoms in total. The van der Waals surface area contributed by atoms with Crippen LogP contribution < -0.4 is 5.32 Å². The normalized spacial score (nSPS) is 11.1. The Hall–Kier alpha value is -1.15. The minimum atomic E-state index is -0.153. The smallest absolute Gasteiger partial charge is 0.123 e. The second kappa shape index (κ2) is 6.36. The van der Waals surface area contributed by atoms with Crippen LogP contribution in [0.2, 0.25) is 0 Å². The third-order valence-corrected chi connectivity index (χ3v) is 2.38. The van der Waals surface area contributed by atoms with Crippen molar-refractivity contribution in [3.63, 3.8) is 0 Å². The molecule has 0 aromatic heterocycles. The van der Waals surface area contributed by atoms with E-state index in [9.17, 15) is 4.39 Å². The summed E-state index contributed by atoms with van der Waals surface area (Å²) in [7, 11) is 1.94. The number of hydrogen-bond donors (Lipinski definition) is 1. The maximum absolute atomic E-state index is 12.9. The first-order valence-corrected chi connectivity index (χ1v) is 5.28. The zero-order valence-electron chi connectivity index (χ0n) is 9.39. The number of halogens is 1. The molecule has 15 heavy (non-hydrogen) atoms. The van der Waals surface area contributed by atoms with Gasteiger partial charge in [-0.1, -0.05) is 18.2 Å². The molecule has 0 amide bonds. The number of nitrogens with one attached hydrogen (secondary N) is 1. The van der Waals surface area contributed by atoms with Gasteiger partial charge in [-0.2, -0.15) is 0 Å². The molecule has 0 atom stereocenters. The summed E-state index contributed by atoms with van der Waals surface area (Å²) in [5.74, 6) is -0.153. The molecule has 0 aliphatic rings. The molecule has 0 saturated carbocycles. The van der Waals surface area contributed by atoms with Crippen molar-refractivity contribution < 1.29 is 4.39 Å². The van der Waals surface area contributed by atoms with Gasteiger partial charge in [0.25, 0.3) is 0 Å². The molecule has 0 heterocycles. The Morgan fingerprint density at radius 2 is 2.13 bits per heavy atom. The maximum Gasteiger partial charge on any atom is 0.123 e. The first kappa shape index (κ1) is 11.9. The standard InChI is InChI=1S/C13H18FN/c1-11-7-8-13(14)10-12(11)6-4-3-5-9-15-2/h3-4,7-8,10,15H,5-6,9H2,1-2H3/b4-3+. The molecule has 0 aliphatic heterocycles. The quantitative estimate of drug-likeness (QED) is 0.578. The second-order valence-electron chi connectivity index (χ2n) is 3.64. The summed E-state index contributed by atoms with van der Waals surface area (Å²) in [5, 5.41) is 3.08. The first-order valence-electron chi connectivity index (χ1n) is 5.28. The molecule has 0 aliphatic carbocycles. The summed E-state index contributed by atoms with van der Waals surface area (Å²) < 4.78 is 12.9. The molecular formula is C13H18FN. The van der Waals surface area contributed by atoms with Gasteiger partial charge in [-0.05, 0) is 56.6 Å². The highest BCUT2D eigenvalue weighted by molar-refractivity contribution is 5.28. The van der Waals surface area contributed by atoms with Crippen LogP contribution in [0.4, 0.5) is 4.39 Å². The first-order chi connectivity index (χ1) is 7.24. The largest absolute Gasteiger partial charge is 0.319 e. The lowest BCUT2D eigenvalue weighted by Crippen LogP contribution is -2.05. The van der Waals surface area contributed by atoms with E-state index in [0.29, 0.717) is 0 Å². The Bertz CT molecular complexity index is 331. The predicted octanol–water partition coefficient (Wildman–Crippen LogP) is 2.84. The fourth-order valence-electron chi connectivity index (χ4n) is 1.42. The van der Waals surface area contributed by atoms with Gasteiger partial charge in [0.15, 0.2) is 0 Å². The van der Waals surface area contributed by atoms with Gasteiger partial charge in [-0.25, -0.2) is 4.39 Å². The summed E-state index contributed by atoms with van der Waals surface area (Å²) in [4.78, 5) is 0. The molecule has 0 saturated heterocycles. The molecule has 0 bridgehead atoms. The zero-order valence-corrected chi connectivity index (χ0v) is 9.39. The van der Waals surface area contributed by atoms with Gasteiger partial charge in [0, 0.05) is 0 Å². The lowest BCUT2D eigenvalue weighted by Gasteiger charge is -2.02. The van der Waals surface area contributed by atoms with Crippen molar-refractivity contribution in [1.82, 2.24) is 5.32 Å². The number of rotatable bonds is 5. The van der Waals surface area contributed by atoms with Crippen LogP contribution in [0.1, 0.15) is 17.5 Å². The Balaban J connectivity index is 2.49. The van der Waals surface area contributed by atoms with E-state index in [4.69, 9.17) is 0 Å². The molecule has 1 rings (SSSR count). The van der Waals surface area contributed by atoms with Crippen LogP contribution in [-0.4, -0.2) is 13.6 Å². The molecule has 82 valence electrons. The van der Waals surface area contributed by atoms with Gasteiger partial charge in [0.1, 0.15) is 5.82 Å². The van der Waals surface area contributed by atoms with Gasteiger partial charge >= 0.3 is 0 Å². The predicted molar refractivity (Wildman–Crippen MR) is 62.5 cm³/mol. The molecule has 0 spiro atoms. The van der Waals surface area contributed by atoms with E-state index in [0.717, 1.165) is 30.5 Å². The Morgan fingerprint density at radius 1 is 1.33 bits per heavy atom. The van der Waals surface area contributed by atoms with Crippen LogP contribution in [-0.2, 0) is 6.42 Å². The van der Waals surface area contributed by atoms with Gasteiger partial charge in [-0.15, -0.1) is 0 Å². The molecule has 1 aromatic rings. The molecular weight excluding hydrogens is 189 g/mol. The van der Waals surface area contributed by atoms with Crippen molar-refractivity contribution in [2.45, 2.75) is 19.8 Å². The number of hydrogen-bond acceptors (Lipinski definition) is 1. The van der Waals surface area contributed by atoms with Crippen LogP contribution >= 0.6 is 0 Å². The van der Waals surface area contributed by atoms with E-state index in [2.05, 4.69) is 17.5 Å². The van der Waals surface area contributed by atoms with Crippen molar-refractivity contribution in [2.24, 2.45) is 0 Å². The van der Waals surface area contributed by atoms with Crippen molar-refractivity contribution in [3.8, 4) is 0 Å². The molecule has 2 heteroatoms. The van der Waals surface area contributed by atoms with Crippen molar-refractivity contribution in [3.05, 3.63) is 47.3 Å². The number of allylic oxidation sites excluding steroid dienone is 1. The van der Waals surface area contributed by atoms with Crippen LogP contribution in [0.15, 0.2) is 30.4 Å². The van der Waals surface area contributed by atoms with Gasteiger partial charge in [-0.3, -0.25) is 0 Å². The SMILES string of the molecule is CNCC/C=C/Cc1cc(F)ccc1C. The van der Waals surface area contributed by atoms with E-state index < -0.39 is 0 Å². The summed E-state index contributed by atoms with van der Waals surface area (Å²) >= 11 is 0. The maximum atomic E-state index is 12.9. The van der Waals surface area contributed by atoms with Gasteiger partial charge < -0.3 is 5.32 Å². The monoisotopic (exact) mass is 207 g/mol.